The van der Waals surface area contributed by atoms with Gasteiger partial charge < -0.3 is 14.4 Å². The number of aryl methyl sites for hydroxylation is 2. The number of hydrogen-bond acceptors (Lipinski definition) is 8. The van der Waals surface area contributed by atoms with Crippen LogP contribution in [0.15, 0.2) is 35.4 Å². The maximum atomic E-state index is 15.1. The lowest BCUT2D eigenvalue weighted by molar-refractivity contribution is 0.0392. The first-order chi connectivity index (χ1) is 17.4. The standard InChI is InChI=1S/C24H25ClFN7O3/c1-14-28-21-20(17-5-4-16(25)10-18(17)26)29-24(30-22(21)23(34)33(14)7-8-35-3)32-6-9-36-19(13-32)15-11-27-31(2)12-15/h4-5,10-12,19H,6-9,13H2,1-3H3. The lowest BCUT2D eigenvalue weighted by Gasteiger charge is -2.32. The van der Waals surface area contributed by atoms with Crippen molar-refractivity contribution in [2.45, 2.75) is 19.6 Å². The SMILES string of the molecule is COCCn1c(C)nc2c(-c3ccc(Cl)cc3F)nc(N3CCOC(c4cnn(C)c4)C3)nc2c1=O. The monoisotopic (exact) mass is 513 g/mol. The normalized spacial score (nSPS) is 16.1. The molecule has 12 heteroatoms. The average molecular weight is 514 g/mol. The van der Waals surface area contributed by atoms with Gasteiger partial charge in [0.25, 0.3) is 5.56 Å². The molecule has 10 nitrogen and oxygen atoms in total. The number of benzene rings is 1. The van der Waals surface area contributed by atoms with Crippen LogP contribution in [0.2, 0.25) is 5.02 Å². The summed E-state index contributed by atoms with van der Waals surface area (Å²) in [6.45, 7) is 3.73. The molecular weight excluding hydrogens is 489 g/mol. The van der Waals surface area contributed by atoms with Crippen molar-refractivity contribution in [3.8, 4) is 11.3 Å². The fourth-order valence-electron chi connectivity index (χ4n) is 4.29. The van der Waals surface area contributed by atoms with Gasteiger partial charge >= 0.3 is 0 Å². The van der Waals surface area contributed by atoms with Crippen LogP contribution in [0.5, 0.6) is 0 Å². The maximum Gasteiger partial charge on any atom is 0.280 e. The van der Waals surface area contributed by atoms with Crippen LogP contribution in [-0.4, -0.2) is 62.7 Å². The van der Waals surface area contributed by atoms with E-state index in [-0.39, 0.29) is 39.0 Å². The number of rotatable bonds is 6. The third-order valence-corrected chi connectivity index (χ3v) is 6.37. The van der Waals surface area contributed by atoms with E-state index in [1.54, 1.807) is 31.0 Å². The summed E-state index contributed by atoms with van der Waals surface area (Å²) in [5.74, 6) is 0.191. The summed E-state index contributed by atoms with van der Waals surface area (Å²) in [4.78, 5) is 29.4. The van der Waals surface area contributed by atoms with Crippen LogP contribution in [0, 0.1) is 12.7 Å². The molecule has 1 aliphatic heterocycles. The molecule has 5 rings (SSSR count). The van der Waals surface area contributed by atoms with E-state index in [0.717, 1.165) is 5.56 Å². The Morgan fingerprint density at radius 3 is 2.81 bits per heavy atom. The number of methoxy groups -OCH3 is 1. The Hall–Kier alpha value is -3.41. The zero-order valence-electron chi connectivity index (χ0n) is 20.1. The van der Waals surface area contributed by atoms with Crippen molar-refractivity contribution in [2.24, 2.45) is 7.05 Å². The van der Waals surface area contributed by atoms with Gasteiger partial charge in [-0.2, -0.15) is 5.10 Å². The topological polar surface area (TPSA) is 100 Å². The van der Waals surface area contributed by atoms with Gasteiger partial charge in [0.1, 0.15) is 29.0 Å². The number of nitrogens with zero attached hydrogens (tertiary/aromatic N) is 7. The predicted octanol–water partition coefficient (Wildman–Crippen LogP) is 2.91. The molecule has 1 aromatic carbocycles. The fourth-order valence-corrected chi connectivity index (χ4v) is 4.45. The van der Waals surface area contributed by atoms with Gasteiger partial charge in [0.05, 0.1) is 32.5 Å². The molecule has 1 fully saturated rings. The summed E-state index contributed by atoms with van der Waals surface area (Å²) in [6, 6.07) is 4.33. The zero-order chi connectivity index (χ0) is 25.4. The van der Waals surface area contributed by atoms with Gasteiger partial charge in [0, 0.05) is 43.0 Å². The Morgan fingerprint density at radius 2 is 2.08 bits per heavy atom. The highest BCUT2D eigenvalue weighted by molar-refractivity contribution is 6.30. The average Bonchev–Trinajstić information content (AvgIpc) is 3.30. The Labute approximate surface area is 211 Å². The zero-order valence-corrected chi connectivity index (χ0v) is 20.9. The van der Waals surface area contributed by atoms with Crippen molar-refractivity contribution in [2.75, 3.05) is 38.3 Å². The lowest BCUT2D eigenvalue weighted by Crippen LogP contribution is -2.39. The van der Waals surface area contributed by atoms with Crippen LogP contribution in [-0.2, 0) is 23.1 Å². The minimum absolute atomic E-state index is 0.107. The molecule has 4 aromatic rings. The molecule has 188 valence electrons. The molecule has 0 radical (unpaired) electrons. The van der Waals surface area contributed by atoms with Crippen LogP contribution in [0.3, 0.4) is 0 Å². The van der Waals surface area contributed by atoms with Crippen molar-refractivity contribution < 1.29 is 13.9 Å². The van der Waals surface area contributed by atoms with Gasteiger partial charge in [-0.3, -0.25) is 14.0 Å². The highest BCUT2D eigenvalue weighted by Crippen LogP contribution is 2.31. The molecule has 1 unspecified atom stereocenters. The number of aromatic nitrogens is 6. The molecule has 1 atom stereocenters. The first kappa shape index (κ1) is 24.3. The van der Waals surface area contributed by atoms with E-state index in [1.165, 1.54) is 16.7 Å². The van der Waals surface area contributed by atoms with Crippen LogP contribution >= 0.6 is 11.6 Å². The van der Waals surface area contributed by atoms with Crippen molar-refractivity contribution in [3.05, 3.63) is 63.2 Å². The highest BCUT2D eigenvalue weighted by Gasteiger charge is 2.27. The van der Waals surface area contributed by atoms with Gasteiger partial charge in [0.15, 0.2) is 5.52 Å². The quantitative estimate of drug-likeness (QED) is 0.388. The molecule has 0 saturated carbocycles. The van der Waals surface area contributed by atoms with E-state index in [1.807, 2.05) is 18.1 Å². The molecular formula is C24H25ClFN7O3. The first-order valence-electron chi connectivity index (χ1n) is 11.4. The first-order valence-corrected chi connectivity index (χ1v) is 11.8. The number of fused-ring (bicyclic) bond motifs is 1. The Bertz CT molecular complexity index is 1490. The number of halogens is 2. The Morgan fingerprint density at radius 1 is 1.25 bits per heavy atom. The van der Waals surface area contributed by atoms with Crippen molar-refractivity contribution >= 4 is 28.6 Å². The molecule has 0 spiro atoms. The molecule has 0 aliphatic carbocycles. The molecule has 0 N–H and O–H groups in total. The number of anilines is 1. The lowest BCUT2D eigenvalue weighted by atomic mass is 10.1. The number of hydrogen-bond donors (Lipinski definition) is 0. The third kappa shape index (κ3) is 4.57. The highest BCUT2D eigenvalue weighted by atomic mass is 35.5. The van der Waals surface area contributed by atoms with E-state index >= 15 is 4.39 Å². The summed E-state index contributed by atoms with van der Waals surface area (Å²) in [7, 11) is 3.40. The summed E-state index contributed by atoms with van der Waals surface area (Å²) >= 11 is 5.99. The summed E-state index contributed by atoms with van der Waals surface area (Å²) < 4.78 is 29.4. The van der Waals surface area contributed by atoms with Crippen LogP contribution in [0.25, 0.3) is 22.3 Å². The molecule has 0 amide bonds. The molecule has 4 heterocycles. The van der Waals surface area contributed by atoms with Crippen molar-refractivity contribution in [1.29, 1.82) is 0 Å². The summed E-state index contributed by atoms with van der Waals surface area (Å²) in [5.41, 5.74) is 1.33. The molecule has 1 aliphatic rings. The molecule has 36 heavy (non-hydrogen) atoms. The second-order valence-corrected chi connectivity index (χ2v) is 8.99. The second-order valence-electron chi connectivity index (χ2n) is 8.55. The largest absolute Gasteiger partial charge is 0.383 e. The van der Waals surface area contributed by atoms with Crippen molar-refractivity contribution in [3.63, 3.8) is 0 Å². The molecule has 1 saturated heterocycles. The van der Waals surface area contributed by atoms with E-state index in [2.05, 4.69) is 15.1 Å². The number of ether oxygens (including phenoxy) is 2. The van der Waals surface area contributed by atoms with E-state index in [4.69, 9.17) is 26.1 Å². The van der Waals surface area contributed by atoms with E-state index in [0.29, 0.717) is 44.6 Å². The molecule has 0 bridgehead atoms. The summed E-state index contributed by atoms with van der Waals surface area (Å²) in [6.07, 6.45) is 3.40. The smallest absolute Gasteiger partial charge is 0.280 e. The fraction of sp³-hybridized carbons (Fsp3) is 0.375. The molecule has 3 aromatic heterocycles. The Balaban J connectivity index is 1.67. The van der Waals surface area contributed by atoms with Crippen molar-refractivity contribution in [1.82, 2.24) is 29.3 Å². The maximum absolute atomic E-state index is 15.1. The second kappa shape index (κ2) is 9.92. The summed E-state index contributed by atoms with van der Waals surface area (Å²) in [5, 5.41) is 4.48. The van der Waals surface area contributed by atoms with E-state index in [9.17, 15) is 4.79 Å². The van der Waals surface area contributed by atoms with Gasteiger partial charge in [-0.05, 0) is 25.1 Å². The number of morpholine rings is 1. The van der Waals surface area contributed by atoms with Gasteiger partial charge in [-0.25, -0.2) is 19.3 Å². The minimum atomic E-state index is -0.563. The van der Waals surface area contributed by atoms with E-state index < -0.39 is 5.82 Å². The Kier molecular flexibility index (Phi) is 6.69. The van der Waals surface area contributed by atoms with Crippen LogP contribution in [0.4, 0.5) is 10.3 Å². The van der Waals surface area contributed by atoms with Gasteiger partial charge in [0.2, 0.25) is 5.95 Å². The van der Waals surface area contributed by atoms with Gasteiger partial charge in [-0.1, -0.05) is 11.6 Å². The minimum Gasteiger partial charge on any atom is -0.383 e. The van der Waals surface area contributed by atoms with Gasteiger partial charge in [-0.15, -0.1) is 0 Å². The predicted molar refractivity (Wildman–Crippen MR) is 133 cm³/mol. The van der Waals surface area contributed by atoms with Crippen LogP contribution < -0.4 is 10.5 Å². The van der Waals surface area contributed by atoms with Crippen LogP contribution in [0.1, 0.15) is 17.5 Å². The third-order valence-electron chi connectivity index (χ3n) is 6.14.